The monoisotopic (exact) mass is 293 g/mol. The number of nitrogen functional groups attached to an aromatic ring is 1. The molecule has 1 fully saturated rings. The Morgan fingerprint density at radius 3 is 2.62 bits per heavy atom. The highest BCUT2D eigenvalue weighted by Crippen LogP contribution is 2.26. The normalized spacial score (nSPS) is 18.0. The second-order valence-electron chi connectivity index (χ2n) is 5.84. The molecule has 6 nitrogen and oxygen atoms in total. The van der Waals surface area contributed by atoms with Crippen molar-refractivity contribution in [3.63, 3.8) is 0 Å². The van der Waals surface area contributed by atoms with Crippen LogP contribution in [0, 0.1) is 0 Å². The molecule has 0 aliphatic heterocycles. The third-order valence-corrected chi connectivity index (χ3v) is 3.97. The van der Waals surface area contributed by atoms with E-state index in [1.165, 1.54) is 22.9 Å². The molecule has 0 spiro atoms. The van der Waals surface area contributed by atoms with Gasteiger partial charge in [0.05, 0.1) is 5.60 Å². The number of carbonyl (C=O) groups excluding carboxylic acids is 1. The summed E-state index contributed by atoms with van der Waals surface area (Å²) >= 11 is 0. The molecule has 1 saturated carbocycles. The molecule has 0 radical (unpaired) electrons. The molecule has 1 aliphatic carbocycles. The molecular weight excluding hydrogens is 270 g/mol. The number of rotatable bonds is 4. The highest BCUT2D eigenvalue weighted by molar-refractivity contribution is 5.75. The van der Waals surface area contributed by atoms with Crippen molar-refractivity contribution in [2.75, 3.05) is 12.3 Å². The average molecular weight is 293 g/mol. The van der Waals surface area contributed by atoms with Gasteiger partial charge in [-0.1, -0.05) is 25.7 Å². The van der Waals surface area contributed by atoms with Gasteiger partial charge in [0.2, 0.25) is 5.91 Å². The Morgan fingerprint density at radius 1 is 1.29 bits per heavy atom. The van der Waals surface area contributed by atoms with E-state index >= 15 is 0 Å². The van der Waals surface area contributed by atoms with Gasteiger partial charge in [-0.05, 0) is 18.9 Å². The van der Waals surface area contributed by atoms with Crippen molar-refractivity contribution in [2.24, 2.45) is 0 Å². The van der Waals surface area contributed by atoms with E-state index in [0.29, 0.717) is 18.5 Å². The number of carbonyl (C=O) groups is 1. The molecule has 1 aromatic rings. The van der Waals surface area contributed by atoms with Crippen LogP contribution in [0.25, 0.3) is 0 Å². The number of amides is 1. The first-order valence-corrected chi connectivity index (χ1v) is 7.44. The molecule has 1 aliphatic rings. The Kier molecular flexibility index (Phi) is 5.01. The first-order valence-electron chi connectivity index (χ1n) is 7.44. The number of anilines is 1. The molecule has 0 aromatic carbocycles. The van der Waals surface area contributed by atoms with Gasteiger partial charge in [0.1, 0.15) is 6.54 Å². The number of nitrogens with zero attached hydrogens (tertiary/aromatic N) is 1. The number of hydrogen-bond donors (Lipinski definition) is 3. The largest absolute Gasteiger partial charge is 0.398 e. The molecule has 0 bridgehead atoms. The molecule has 1 amide bonds. The average Bonchev–Trinajstić information content (AvgIpc) is 2.66. The summed E-state index contributed by atoms with van der Waals surface area (Å²) in [5.41, 5.74) is 4.95. The zero-order chi connectivity index (χ0) is 15.3. The summed E-state index contributed by atoms with van der Waals surface area (Å²) in [5.74, 6) is -0.291. The Balaban J connectivity index is 1.89. The van der Waals surface area contributed by atoms with Gasteiger partial charge in [0.25, 0.3) is 5.56 Å². The van der Waals surface area contributed by atoms with Gasteiger partial charge in [-0.3, -0.25) is 9.59 Å². The van der Waals surface area contributed by atoms with Gasteiger partial charge in [-0.2, -0.15) is 0 Å². The summed E-state index contributed by atoms with van der Waals surface area (Å²) in [6.07, 6.45) is 7.12. The minimum Gasteiger partial charge on any atom is -0.398 e. The lowest BCUT2D eigenvalue weighted by Crippen LogP contribution is -2.44. The van der Waals surface area contributed by atoms with Crippen LogP contribution >= 0.6 is 0 Å². The lowest BCUT2D eigenvalue weighted by Gasteiger charge is -2.26. The number of nitrogens with one attached hydrogen (secondary N) is 1. The van der Waals surface area contributed by atoms with Crippen molar-refractivity contribution >= 4 is 11.6 Å². The minimum absolute atomic E-state index is 0.0834. The summed E-state index contributed by atoms with van der Waals surface area (Å²) in [7, 11) is 0. The maximum atomic E-state index is 11.9. The van der Waals surface area contributed by atoms with Crippen molar-refractivity contribution in [2.45, 2.75) is 50.7 Å². The SMILES string of the molecule is Nc1ccc(=O)n(CC(=O)NCC2(O)CCCCCC2)c1. The highest BCUT2D eigenvalue weighted by Gasteiger charge is 2.28. The molecule has 116 valence electrons. The molecule has 4 N–H and O–H groups in total. The summed E-state index contributed by atoms with van der Waals surface area (Å²) in [4.78, 5) is 23.5. The maximum absolute atomic E-state index is 11.9. The van der Waals surface area contributed by atoms with E-state index in [2.05, 4.69) is 5.32 Å². The van der Waals surface area contributed by atoms with Crippen LogP contribution < -0.4 is 16.6 Å². The van der Waals surface area contributed by atoms with E-state index in [9.17, 15) is 14.7 Å². The van der Waals surface area contributed by atoms with Gasteiger partial charge < -0.3 is 20.7 Å². The van der Waals surface area contributed by atoms with Gasteiger partial charge in [-0.15, -0.1) is 0 Å². The maximum Gasteiger partial charge on any atom is 0.251 e. The molecule has 0 unspecified atom stereocenters. The Hall–Kier alpha value is -1.82. The fourth-order valence-corrected chi connectivity index (χ4v) is 2.71. The molecule has 6 heteroatoms. The predicted molar refractivity (Wildman–Crippen MR) is 80.8 cm³/mol. The molecule has 1 heterocycles. The zero-order valence-electron chi connectivity index (χ0n) is 12.2. The Bertz CT molecular complexity index is 545. The number of hydrogen-bond acceptors (Lipinski definition) is 4. The third-order valence-electron chi connectivity index (χ3n) is 3.97. The van der Waals surface area contributed by atoms with Crippen molar-refractivity contribution in [1.82, 2.24) is 9.88 Å². The van der Waals surface area contributed by atoms with Crippen LogP contribution in [0.1, 0.15) is 38.5 Å². The van der Waals surface area contributed by atoms with E-state index in [4.69, 9.17) is 5.73 Å². The smallest absolute Gasteiger partial charge is 0.251 e. The van der Waals surface area contributed by atoms with Crippen LogP contribution in [0.3, 0.4) is 0 Å². The summed E-state index contributed by atoms with van der Waals surface area (Å²) in [6, 6.07) is 2.84. The van der Waals surface area contributed by atoms with Crippen LogP contribution in [0.15, 0.2) is 23.1 Å². The van der Waals surface area contributed by atoms with Gasteiger partial charge in [0.15, 0.2) is 0 Å². The van der Waals surface area contributed by atoms with Crippen LogP contribution in [0.2, 0.25) is 0 Å². The van der Waals surface area contributed by atoms with Crippen LogP contribution in [0.5, 0.6) is 0 Å². The first-order chi connectivity index (χ1) is 9.98. The lowest BCUT2D eigenvalue weighted by molar-refractivity contribution is -0.123. The predicted octanol–water partition coefficient (Wildman–Crippen LogP) is 0.632. The number of aliphatic hydroxyl groups is 1. The van der Waals surface area contributed by atoms with Gasteiger partial charge >= 0.3 is 0 Å². The molecule has 0 saturated heterocycles. The van der Waals surface area contributed by atoms with E-state index < -0.39 is 5.60 Å². The van der Waals surface area contributed by atoms with Crippen molar-refractivity contribution in [3.05, 3.63) is 28.7 Å². The number of nitrogens with two attached hydrogens (primary N) is 1. The van der Waals surface area contributed by atoms with Gasteiger partial charge in [0, 0.05) is 24.5 Å². The van der Waals surface area contributed by atoms with Crippen molar-refractivity contribution in [1.29, 1.82) is 0 Å². The van der Waals surface area contributed by atoms with Crippen LogP contribution in [-0.2, 0) is 11.3 Å². The standard InChI is InChI=1S/C15H23N3O3/c16-12-5-6-14(20)18(9-12)10-13(19)17-11-15(21)7-3-1-2-4-8-15/h5-6,9,21H,1-4,7-8,10-11,16H2,(H,17,19). The van der Waals surface area contributed by atoms with E-state index in [1.54, 1.807) is 0 Å². The zero-order valence-corrected chi connectivity index (χ0v) is 12.2. The summed E-state index contributed by atoms with van der Waals surface area (Å²) < 4.78 is 1.27. The summed E-state index contributed by atoms with van der Waals surface area (Å²) in [6.45, 7) is 0.156. The highest BCUT2D eigenvalue weighted by atomic mass is 16.3. The molecule has 1 aromatic heterocycles. The van der Waals surface area contributed by atoms with Crippen molar-refractivity contribution < 1.29 is 9.90 Å². The summed E-state index contributed by atoms with van der Waals surface area (Å²) in [5, 5.41) is 13.2. The van der Waals surface area contributed by atoms with E-state index in [1.807, 2.05) is 0 Å². The lowest BCUT2D eigenvalue weighted by atomic mass is 9.94. The molecular formula is C15H23N3O3. The quantitative estimate of drug-likeness (QED) is 0.709. The minimum atomic E-state index is -0.813. The Labute approximate surface area is 124 Å². The number of pyridine rings is 1. The molecule has 0 atom stereocenters. The van der Waals surface area contributed by atoms with Crippen LogP contribution in [0.4, 0.5) is 5.69 Å². The van der Waals surface area contributed by atoms with E-state index in [-0.39, 0.29) is 24.6 Å². The fraction of sp³-hybridized carbons (Fsp3) is 0.600. The second-order valence-corrected chi connectivity index (χ2v) is 5.84. The third kappa shape index (κ3) is 4.60. The van der Waals surface area contributed by atoms with Gasteiger partial charge in [-0.25, -0.2) is 0 Å². The number of aromatic nitrogens is 1. The molecule has 21 heavy (non-hydrogen) atoms. The van der Waals surface area contributed by atoms with Crippen molar-refractivity contribution in [3.8, 4) is 0 Å². The molecule has 2 rings (SSSR count). The first kappa shape index (κ1) is 15.6. The Morgan fingerprint density at radius 2 is 1.95 bits per heavy atom. The van der Waals surface area contributed by atoms with E-state index in [0.717, 1.165) is 25.7 Å². The van der Waals surface area contributed by atoms with Crippen LogP contribution in [-0.4, -0.2) is 27.7 Å². The fourth-order valence-electron chi connectivity index (χ4n) is 2.71. The second kappa shape index (κ2) is 6.76. The topological polar surface area (TPSA) is 97.4 Å².